The molecule has 0 amide bonds. The van der Waals surface area contributed by atoms with E-state index in [-0.39, 0.29) is 0 Å². The van der Waals surface area contributed by atoms with E-state index in [9.17, 15) is 0 Å². The van der Waals surface area contributed by atoms with E-state index in [0.29, 0.717) is 11.5 Å². The quantitative estimate of drug-likeness (QED) is 0.887. The van der Waals surface area contributed by atoms with Crippen molar-refractivity contribution in [2.75, 3.05) is 11.9 Å². The molecule has 1 aromatic heterocycles. The molecule has 0 bridgehead atoms. The zero-order valence-electron chi connectivity index (χ0n) is 10.2. The summed E-state index contributed by atoms with van der Waals surface area (Å²) in [6.45, 7) is 2.88. The Kier molecular flexibility index (Phi) is 3.87. The van der Waals surface area contributed by atoms with Crippen LogP contribution in [0.4, 0.5) is 5.82 Å². The molecule has 90 valence electrons. The first-order chi connectivity index (χ1) is 8.78. The highest BCUT2D eigenvalue weighted by atomic mass is 15.0. The van der Waals surface area contributed by atoms with Crippen molar-refractivity contribution in [3.63, 3.8) is 0 Å². The van der Waals surface area contributed by atoms with Gasteiger partial charge in [0, 0.05) is 6.54 Å². The van der Waals surface area contributed by atoms with Gasteiger partial charge in [-0.05, 0) is 18.9 Å². The second kappa shape index (κ2) is 5.78. The highest BCUT2D eigenvalue weighted by Crippen LogP contribution is 2.05. The average molecular weight is 238 g/mol. The second-order valence-electron chi connectivity index (χ2n) is 4.06. The second-order valence-corrected chi connectivity index (χ2v) is 4.06. The van der Waals surface area contributed by atoms with E-state index in [2.05, 4.69) is 46.5 Å². The third kappa shape index (κ3) is 3.29. The molecular weight excluding hydrogens is 224 g/mol. The maximum absolute atomic E-state index is 8.61. The molecule has 0 unspecified atom stereocenters. The number of hydrogen-bond acceptors (Lipinski definition) is 4. The molecule has 2 aromatic rings. The summed E-state index contributed by atoms with van der Waals surface area (Å²) in [5.41, 5.74) is 2.90. The van der Waals surface area contributed by atoms with E-state index < -0.39 is 0 Å². The van der Waals surface area contributed by atoms with Crippen molar-refractivity contribution in [2.45, 2.75) is 13.3 Å². The number of rotatable bonds is 4. The topological polar surface area (TPSA) is 61.6 Å². The molecule has 0 aliphatic heterocycles. The number of nitrogens with zero attached hydrogens (tertiary/aromatic N) is 3. The molecule has 0 atom stereocenters. The fourth-order valence-corrected chi connectivity index (χ4v) is 1.68. The van der Waals surface area contributed by atoms with Gasteiger partial charge < -0.3 is 5.32 Å². The molecule has 0 aliphatic carbocycles. The zero-order valence-corrected chi connectivity index (χ0v) is 10.2. The van der Waals surface area contributed by atoms with Crippen LogP contribution in [0.3, 0.4) is 0 Å². The largest absolute Gasteiger partial charge is 0.368 e. The van der Waals surface area contributed by atoms with Crippen LogP contribution < -0.4 is 5.32 Å². The first kappa shape index (κ1) is 12.1. The lowest BCUT2D eigenvalue weighted by atomic mass is 10.1. The highest BCUT2D eigenvalue weighted by molar-refractivity contribution is 5.33. The molecule has 1 aromatic carbocycles. The molecular formula is C14H14N4. The summed E-state index contributed by atoms with van der Waals surface area (Å²) in [6, 6.07) is 10.4. The Labute approximate surface area is 106 Å². The normalized spacial score (nSPS) is 9.78. The highest BCUT2D eigenvalue weighted by Gasteiger charge is 1.97. The van der Waals surface area contributed by atoms with Crippen molar-refractivity contribution in [3.05, 3.63) is 53.5 Å². The molecule has 1 heterocycles. The van der Waals surface area contributed by atoms with Crippen molar-refractivity contribution < 1.29 is 0 Å². The standard InChI is InChI=1S/C14H14N4/c1-11-3-2-4-12(7-11)5-6-16-14-10-17-13(8-15)9-18-14/h2-4,7,9-10H,5-6H2,1H3,(H,16,18). The van der Waals surface area contributed by atoms with Gasteiger partial charge >= 0.3 is 0 Å². The molecule has 0 aliphatic rings. The lowest BCUT2D eigenvalue weighted by molar-refractivity contribution is 0.995. The third-order valence-corrected chi connectivity index (χ3v) is 2.57. The number of aryl methyl sites for hydroxylation is 1. The number of benzene rings is 1. The minimum absolute atomic E-state index is 0.333. The number of nitriles is 1. The van der Waals surface area contributed by atoms with Crippen LogP contribution in [0, 0.1) is 18.3 Å². The zero-order chi connectivity index (χ0) is 12.8. The van der Waals surface area contributed by atoms with Gasteiger partial charge in [0.2, 0.25) is 0 Å². The van der Waals surface area contributed by atoms with Crippen molar-refractivity contribution in [2.24, 2.45) is 0 Å². The van der Waals surface area contributed by atoms with Crippen LogP contribution in [0.15, 0.2) is 36.7 Å². The summed E-state index contributed by atoms with van der Waals surface area (Å²) < 4.78 is 0. The molecule has 1 N–H and O–H groups in total. The van der Waals surface area contributed by atoms with Gasteiger partial charge in [0.05, 0.1) is 12.4 Å². The van der Waals surface area contributed by atoms with Crippen LogP contribution in [0.1, 0.15) is 16.8 Å². The molecule has 0 radical (unpaired) electrons. The first-order valence-electron chi connectivity index (χ1n) is 5.79. The minimum atomic E-state index is 0.333. The van der Waals surface area contributed by atoms with Gasteiger partial charge in [0.15, 0.2) is 5.69 Å². The lowest BCUT2D eigenvalue weighted by Gasteiger charge is -2.05. The summed E-state index contributed by atoms with van der Waals surface area (Å²) in [5.74, 6) is 0.696. The van der Waals surface area contributed by atoms with Gasteiger partial charge in [0.25, 0.3) is 0 Å². The van der Waals surface area contributed by atoms with E-state index in [1.165, 1.54) is 17.3 Å². The molecule has 2 rings (SSSR count). The maximum Gasteiger partial charge on any atom is 0.158 e. The Bertz CT molecular complexity index is 555. The van der Waals surface area contributed by atoms with Gasteiger partial charge in [-0.2, -0.15) is 5.26 Å². The minimum Gasteiger partial charge on any atom is -0.368 e. The fraction of sp³-hybridized carbons (Fsp3) is 0.214. The lowest BCUT2D eigenvalue weighted by Crippen LogP contribution is -2.06. The molecule has 0 spiro atoms. The van der Waals surface area contributed by atoms with E-state index >= 15 is 0 Å². The molecule has 4 heteroatoms. The molecule has 0 saturated heterocycles. The Hall–Kier alpha value is -2.41. The average Bonchev–Trinajstić information content (AvgIpc) is 2.40. The Morgan fingerprint density at radius 2 is 2.17 bits per heavy atom. The summed E-state index contributed by atoms with van der Waals surface area (Å²) in [4.78, 5) is 8.05. The van der Waals surface area contributed by atoms with Crippen LogP contribution in [0.2, 0.25) is 0 Å². The predicted octanol–water partition coefficient (Wildman–Crippen LogP) is 2.31. The van der Waals surface area contributed by atoms with E-state index in [0.717, 1.165) is 13.0 Å². The van der Waals surface area contributed by atoms with Crippen molar-refractivity contribution in [1.29, 1.82) is 5.26 Å². The van der Waals surface area contributed by atoms with E-state index in [1.54, 1.807) is 6.20 Å². The summed E-state index contributed by atoms with van der Waals surface area (Å²) in [6.07, 6.45) is 3.98. The Morgan fingerprint density at radius 1 is 1.28 bits per heavy atom. The van der Waals surface area contributed by atoms with Crippen molar-refractivity contribution >= 4 is 5.82 Å². The molecule has 0 fully saturated rings. The number of nitrogens with one attached hydrogen (secondary N) is 1. The first-order valence-corrected chi connectivity index (χ1v) is 5.79. The fourth-order valence-electron chi connectivity index (χ4n) is 1.68. The van der Waals surface area contributed by atoms with Crippen LogP contribution in [-0.4, -0.2) is 16.5 Å². The van der Waals surface area contributed by atoms with E-state index in [4.69, 9.17) is 5.26 Å². The van der Waals surface area contributed by atoms with Gasteiger partial charge in [-0.3, -0.25) is 0 Å². The van der Waals surface area contributed by atoms with Gasteiger partial charge in [0.1, 0.15) is 11.9 Å². The number of aromatic nitrogens is 2. The van der Waals surface area contributed by atoms with E-state index in [1.807, 2.05) is 6.07 Å². The Balaban J connectivity index is 1.86. The van der Waals surface area contributed by atoms with Crippen LogP contribution >= 0.6 is 0 Å². The van der Waals surface area contributed by atoms with Crippen LogP contribution in [0.5, 0.6) is 0 Å². The molecule has 18 heavy (non-hydrogen) atoms. The SMILES string of the molecule is Cc1cccc(CCNc2cnc(C#N)cn2)c1. The third-order valence-electron chi connectivity index (χ3n) is 2.57. The summed E-state index contributed by atoms with van der Waals surface area (Å²) >= 11 is 0. The summed E-state index contributed by atoms with van der Waals surface area (Å²) in [5, 5.41) is 11.8. The summed E-state index contributed by atoms with van der Waals surface area (Å²) in [7, 11) is 0. The number of hydrogen-bond donors (Lipinski definition) is 1. The van der Waals surface area contributed by atoms with Gasteiger partial charge in [-0.1, -0.05) is 29.8 Å². The van der Waals surface area contributed by atoms with Gasteiger partial charge in [-0.15, -0.1) is 0 Å². The molecule has 0 saturated carbocycles. The van der Waals surface area contributed by atoms with Crippen molar-refractivity contribution in [1.82, 2.24) is 9.97 Å². The molecule has 4 nitrogen and oxygen atoms in total. The monoisotopic (exact) mass is 238 g/mol. The Morgan fingerprint density at radius 3 is 2.83 bits per heavy atom. The smallest absolute Gasteiger partial charge is 0.158 e. The predicted molar refractivity (Wildman–Crippen MR) is 70.1 cm³/mol. The number of anilines is 1. The van der Waals surface area contributed by atoms with Crippen molar-refractivity contribution in [3.8, 4) is 6.07 Å². The van der Waals surface area contributed by atoms with Crippen LogP contribution in [-0.2, 0) is 6.42 Å². The maximum atomic E-state index is 8.61. The van der Waals surface area contributed by atoms with Crippen LogP contribution in [0.25, 0.3) is 0 Å². The van der Waals surface area contributed by atoms with Gasteiger partial charge in [-0.25, -0.2) is 9.97 Å².